The molecule has 134 valence electrons. The molecule has 1 fully saturated rings. The molecular weight excluding hydrogens is 332 g/mol. The van der Waals surface area contributed by atoms with Crippen LogP contribution in [0.2, 0.25) is 0 Å². The Labute approximate surface area is 153 Å². The van der Waals surface area contributed by atoms with E-state index in [2.05, 4.69) is 10.3 Å². The Balaban J connectivity index is 1.61. The fourth-order valence-electron chi connectivity index (χ4n) is 3.17. The van der Waals surface area contributed by atoms with E-state index in [1.807, 2.05) is 37.3 Å². The number of benzene rings is 1. The van der Waals surface area contributed by atoms with Gasteiger partial charge in [-0.15, -0.1) is 0 Å². The van der Waals surface area contributed by atoms with Crippen LogP contribution in [0.1, 0.15) is 45.4 Å². The van der Waals surface area contributed by atoms with Crippen LogP contribution in [0.4, 0.5) is 0 Å². The summed E-state index contributed by atoms with van der Waals surface area (Å²) in [5, 5.41) is 3.63. The van der Waals surface area contributed by atoms with Gasteiger partial charge in [0.25, 0.3) is 0 Å². The SMILES string of the molecule is CC(Sc1nc(-c2ccccc2)cn1N)C(=O)NC1CCCCCC1. The van der Waals surface area contributed by atoms with Crippen molar-refractivity contribution >= 4 is 17.7 Å². The molecule has 5 nitrogen and oxygen atoms in total. The van der Waals surface area contributed by atoms with Gasteiger partial charge in [-0.1, -0.05) is 67.8 Å². The average Bonchev–Trinajstić information content (AvgIpc) is 2.82. The molecule has 0 aliphatic heterocycles. The van der Waals surface area contributed by atoms with Crippen molar-refractivity contribution in [2.75, 3.05) is 5.84 Å². The molecule has 3 rings (SSSR count). The fourth-order valence-corrected chi connectivity index (χ4v) is 3.98. The molecule has 0 radical (unpaired) electrons. The molecule has 6 heteroatoms. The van der Waals surface area contributed by atoms with Crippen molar-refractivity contribution in [3.63, 3.8) is 0 Å². The van der Waals surface area contributed by atoms with E-state index in [1.165, 1.54) is 42.1 Å². The Bertz CT molecular complexity index is 693. The van der Waals surface area contributed by atoms with Crippen LogP contribution in [-0.4, -0.2) is 26.9 Å². The highest BCUT2D eigenvalue weighted by Crippen LogP contribution is 2.26. The number of carbonyl (C=O) groups is 1. The van der Waals surface area contributed by atoms with Gasteiger partial charge in [-0.2, -0.15) is 0 Å². The van der Waals surface area contributed by atoms with Gasteiger partial charge in [-0.25, -0.2) is 9.66 Å². The molecule has 1 aromatic carbocycles. The van der Waals surface area contributed by atoms with E-state index >= 15 is 0 Å². The minimum absolute atomic E-state index is 0.0705. The Morgan fingerprint density at radius 1 is 1.24 bits per heavy atom. The second-order valence-electron chi connectivity index (χ2n) is 6.64. The highest BCUT2D eigenvalue weighted by Gasteiger charge is 2.21. The quantitative estimate of drug-likeness (QED) is 0.487. The molecule has 2 aromatic rings. The second kappa shape index (κ2) is 8.43. The Hall–Kier alpha value is -1.95. The highest BCUT2D eigenvalue weighted by atomic mass is 32.2. The summed E-state index contributed by atoms with van der Waals surface area (Å²) in [6.45, 7) is 1.91. The zero-order valence-corrected chi connectivity index (χ0v) is 15.5. The maximum atomic E-state index is 12.5. The van der Waals surface area contributed by atoms with Gasteiger partial charge in [0.15, 0.2) is 5.16 Å². The minimum atomic E-state index is -0.225. The van der Waals surface area contributed by atoms with Crippen molar-refractivity contribution < 1.29 is 4.79 Å². The number of nitrogens with zero attached hydrogens (tertiary/aromatic N) is 2. The normalized spacial score (nSPS) is 17.0. The zero-order valence-electron chi connectivity index (χ0n) is 14.6. The third-order valence-corrected chi connectivity index (χ3v) is 5.70. The molecule has 1 heterocycles. The van der Waals surface area contributed by atoms with Crippen molar-refractivity contribution in [3.05, 3.63) is 36.5 Å². The van der Waals surface area contributed by atoms with Gasteiger partial charge >= 0.3 is 0 Å². The Morgan fingerprint density at radius 2 is 1.92 bits per heavy atom. The van der Waals surface area contributed by atoms with Gasteiger partial charge in [0.05, 0.1) is 17.1 Å². The van der Waals surface area contributed by atoms with Crippen molar-refractivity contribution in [2.24, 2.45) is 0 Å². The molecule has 1 atom stereocenters. The monoisotopic (exact) mass is 358 g/mol. The van der Waals surface area contributed by atoms with Gasteiger partial charge in [-0.3, -0.25) is 4.79 Å². The summed E-state index contributed by atoms with van der Waals surface area (Å²) in [6, 6.07) is 10.2. The number of rotatable bonds is 5. The number of nitrogens with two attached hydrogens (primary N) is 1. The number of aromatic nitrogens is 2. The fraction of sp³-hybridized carbons (Fsp3) is 0.474. The van der Waals surface area contributed by atoms with E-state index in [4.69, 9.17) is 5.84 Å². The van der Waals surface area contributed by atoms with Gasteiger partial charge < -0.3 is 11.2 Å². The first-order valence-electron chi connectivity index (χ1n) is 9.00. The number of nitrogens with one attached hydrogen (secondary N) is 1. The standard InChI is InChI=1S/C19H26N4OS/c1-14(18(24)21-16-11-7-2-3-8-12-16)25-19-22-17(13-23(19)20)15-9-5-4-6-10-15/h4-6,9-10,13-14,16H,2-3,7-8,11-12,20H2,1H3,(H,21,24). The summed E-state index contributed by atoms with van der Waals surface area (Å²) in [6.07, 6.45) is 8.96. The molecule has 0 saturated heterocycles. The molecule has 1 aromatic heterocycles. The predicted molar refractivity (Wildman–Crippen MR) is 103 cm³/mol. The molecule has 0 spiro atoms. The molecule has 1 aliphatic rings. The first-order valence-corrected chi connectivity index (χ1v) is 9.88. The maximum Gasteiger partial charge on any atom is 0.233 e. The van der Waals surface area contributed by atoms with Gasteiger partial charge in [0.2, 0.25) is 5.91 Å². The number of hydrogen-bond donors (Lipinski definition) is 2. The molecule has 0 bridgehead atoms. The Morgan fingerprint density at radius 3 is 2.60 bits per heavy atom. The number of carbonyl (C=O) groups excluding carboxylic acids is 1. The molecule has 1 saturated carbocycles. The lowest BCUT2D eigenvalue weighted by Crippen LogP contribution is -2.39. The maximum absolute atomic E-state index is 12.5. The van der Waals surface area contributed by atoms with Crippen LogP contribution >= 0.6 is 11.8 Å². The molecule has 25 heavy (non-hydrogen) atoms. The summed E-state index contributed by atoms with van der Waals surface area (Å²) in [5.41, 5.74) is 1.84. The lowest BCUT2D eigenvalue weighted by molar-refractivity contribution is -0.121. The number of hydrogen-bond acceptors (Lipinski definition) is 4. The van der Waals surface area contributed by atoms with Gasteiger partial charge in [0, 0.05) is 11.6 Å². The molecule has 1 aliphatic carbocycles. The summed E-state index contributed by atoms with van der Waals surface area (Å²) in [4.78, 5) is 17.1. The molecule has 3 N–H and O–H groups in total. The molecular formula is C19H26N4OS. The van der Waals surface area contributed by atoms with E-state index in [1.54, 1.807) is 6.20 Å². The molecule has 1 unspecified atom stereocenters. The number of amides is 1. The third-order valence-electron chi connectivity index (χ3n) is 4.62. The van der Waals surface area contributed by atoms with Crippen molar-refractivity contribution in [2.45, 2.75) is 61.9 Å². The van der Waals surface area contributed by atoms with Crippen molar-refractivity contribution in [1.29, 1.82) is 0 Å². The van der Waals surface area contributed by atoms with Crippen molar-refractivity contribution in [1.82, 2.24) is 15.0 Å². The zero-order chi connectivity index (χ0) is 17.6. The lowest BCUT2D eigenvalue weighted by atomic mass is 10.1. The summed E-state index contributed by atoms with van der Waals surface area (Å²) >= 11 is 1.40. The van der Waals surface area contributed by atoms with E-state index in [-0.39, 0.29) is 11.2 Å². The number of nitrogen functional groups attached to an aromatic ring is 1. The van der Waals surface area contributed by atoms with Crippen LogP contribution in [0.15, 0.2) is 41.7 Å². The average molecular weight is 359 g/mol. The van der Waals surface area contributed by atoms with E-state index in [9.17, 15) is 4.79 Å². The smallest absolute Gasteiger partial charge is 0.233 e. The number of thioether (sulfide) groups is 1. The van der Waals surface area contributed by atoms with Crippen LogP contribution in [-0.2, 0) is 4.79 Å². The first kappa shape index (κ1) is 17.9. The summed E-state index contributed by atoms with van der Waals surface area (Å²) in [5.74, 6) is 6.10. The van der Waals surface area contributed by atoms with Crippen LogP contribution in [0.5, 0.6) is 0 Å². The number of imidazole rings is 1. The third kappa shape index (κ3) is 4.78. The van der Waals surface area contributed by atoms with Gasteiger partial charge in [0.1, 0.15) is 0 Å². The van der Waals surface area contributed by atoms with E-state index in [0.717, 1.165) is 24.1 Å². The predicted octanol–water partition coefficient (Wildman–Crippen LogP) is 3.58. The largest absolute Gasteiger partial charge is 0.352 e. The summed E-state index contributed by atoms with van der Waals surface area (Å²) in [7, 11) is 0. The van der Waals surface area contributed by atoms with Crippen LogP contribution < -0.4 is 11.2 Å². The van der Waals surface area contributed by atoms with E-state index in [0.29, 0.717) is 11.2 Å². The van der Waals surface area contributed by atoms with Gasteiger partial charge in [-0.05, 0) is 19.8 Å². The van der Waals surface area contributed by atoms with Crippen LogP contribution in [0, 0.1) is 0 Å². The lowest BCUT2D eigenvalue weighted by Gasteiger charge is -2.19. The topological polar surface area (TPSA) is 72.9 Å². The Kier molecular flexibility index (Phi) is 6.02. The van der Waals surface area contributed by atoms with Crippen LogP contribution in [0.3, 0.4) is 0 Å². The minimum Gasteiger partial charge on any atom is -0.352 e. The summed E-state index contributed by atoms with van der Waals surface area (Å²) < 4.78 is 1.50. The van der Waals surface area contributed by atoms with E-state index < -0.39 is 0 Å². The second-order valence-corrected chi connectivity index (χ2v) is 7.95. The first-order chi connectivity index (χ1) is 12.1. The molecule has 1 amide bonds. The van der Waals surface area contributed by atoms with Crippen LogP contribution in [0.25, 0.3) is 11.3 Å². The highest BCUT2D eigenvalue weighted by molar-refractivity contribution is 8.00. The van der Waals surface area contributed by atoms with Crippen molar-refractivity contribution in [3.8, 4) is 11.3 Å².